The zero-order valence-corrected chi connectivity index (χ0v) is 15.4. The standard InChI is InChI=1S/C19H21ClN6/c20-16-11-15(13-21)3-4-17(16)24-7-9-26(10-8-24)19-12-18(22-14-23-19)25-5-1-2-6-25/h3-4,11-12,14H,1-2,5-10H2. The Morgan fingerprint density at radius 3 is 2.08 bits per heavy atom. The summed E-state index contributed by atoms with van der Waals surface area (Å²) in [6, 6.07) is 9.72. The van der Waals surface area contributed by atoms with E-state index in [1.807, 2.05) is 12.1 Å². The van der Waals surface area contributed by atoms with Crippen LogP contribution in [0.2, 0.25) is 5.02 Å². The number of hydrogen-bond donors (Lipinski definition) is 0. The minimum absolute atomic E-state index is 0.591. The Balaban J connectivity index is 1.44. The zero-order chi connectivity index (χ0) is 17.9. The van der Waals surface area contributed by atoms with E-state index in [0.29, 0.717) is 10.6 Å². The highest BCUT2D eigenvalue weighted by Crippen LogP contribution is 2.29. The molecular formula is C19H21ClN6. The maximum Gasteiger partial charge on any atom is 0.134 e. The van der Waals surface area contributed by atoms with E-state index >= 15 is 0 Å². The van der Waals surface area contributed by atoms with Crippen LogP contribution in [0.3, 0.4) is 0 Å². The van der Waals surface area contributed by atoms with Crippen molar-refractivity contribution in [3.05, 3.63) is 41.2 Å². The molecule has 26 heavy (non-hydrogen) atoms. The van der Waals surface area contributed by atoms with Gasteiger partial charge in [-0.05, 0) is 31.0 Å². The van der Waals surface area contributed by atoms with E-state index in [2.05, 4.69) is 36.8 Å². The number of hydrogen-bond acceptors (Lipinski definition) is 6. The Morgan fingerprint density at radius 2 is 1.46 bits per heavy atom. The molecular weight excluding hydrogens is 348 g/mol. The van der Waals surface area contributed by atoms with Crippen molar-refractivity contribution in [1.82, 2.24) is 9.97 Å². The van der Waals surface area contributed by atoms with E-state index < -0.39 is 0 Å². The topological polar surface area (TPSA) is 59.3 Å². The molecule has 0 N–H and O–H groups in total. The minimum Gasteiger partial charge on any atom is -0.367 e. The first-order chi connectivity index (χ1) is 12.7. The van der Waals surface area contributed by atoms with Crippen LogP contribution in [0.5, 0.6) is 0 Å². The number of aromatic nitrogens is 2. The third-order valence-corrected chi connectivity index (χ3v) is 5.39. The summed E-state index contributed by atoms with van der Waals surface area (Å²) < 4.78 is 0. The summed E-state index contributed by atoms with van der Waals surface area (Å²) >= 11 is 6.36. The lowest BCUT2D eigenvalue weighted by atomic mass is 10.2. The molecule has 0 spiro atoms. The highest BCUT2D eigenvalue weighted by molar-refractivity contribution is 6.33. The van der Waals surface area contributed by atoms with Crippen LogP contribution in [0, 0.1) is 11.3 Å². The summed E-state index contributed by atoms with van der Waals surface area (Å²) in [4.78, 5) is 15.8. The van der Waals surface area contributed by atoms with E-state index in [9.17, 15) is 0 Å². The van der Waals surface area contributed by atoms with Crippen molar-refractivity contribution in [2.24, 2.45) is 0 Å². The lowest BCUT2D eigenvalue weighted by molar-refractivity contribution is 0.646. The predicted molar refractivity (Wildman–Crippen MR) is 104 cm³/mol. The smallest absolute Gasteiger partial charge is 0.134 e. The van der Waals surface area contributed by atoms with Crippen molar-refractivity contribution in [2.45, 2.75) is 12.8 Å². The van der Waals surface area contributed by atoms with Crippen molar-refractivity contribution in [2.75, 3.05) is 54.0 Å². The van der Waals surface area contributed by atoms with E-state index in [1.165, 1.54) is 12.8 Å². The summed E-state index contributed by atoms with van der Waals surface area (Å²) in [6.45, 7) is 5.67. The SMILES string of the molecule is N#Cc1ccc(N2CCN(c3cc(N4CCCC4)ncn3)CC2)c(Cl)c1. The van der Waals surface area contributed by atoms with Crippen LogP contribution in [0.25, 0.3) is 0 Å². The molecule has 0 unspecified atom stereocenters. The molecule has 6 nitrogen and oxygen atoms in total. The van der Waals surface area contributed by atoms with Crippen LogP contribution in [0.4, 0.5) is 17.3 Å². The van der Waals surface area contributed by atoms with Gasteiger partial charge in [0.05, 0.1) is 22.3 Å². The number of anilines is 3. The molecule has 2 aromatic rings. The fourth-order valence-electron chi connectivity index (χ4n) is 3.64. The van der Waals surface area contributed by atoms with Gasteiger partial charge in [0.15, 0.2) is 0 Å². The summed E-state index contributed by atoms with van der Waals surface area (Å²) in [6.07, 6.45) is 4.15. The zero-order valence-electron chi connectivity index (χ0n) is 14.6. The van der Waals surface area contributed by atoms with Gasteiger partial charge < -0.3 is 14.7 Å². The highest BCUT2D eigenvalue weighted by Gasteiger charge is 2.21. The lowest BCUT2D eigenvalue weighted by Crippen LogP contribution is -2.47. The number of nitrogens with zero attached hydrogens (tertiary/aromatic N) is 6. The largest absolute Gasteiger partial charge is 0.367 e. The maximum absolute atomic E-state index is 8.98. The molecule has 2 aliphatic heterocycles. The van der Waals surface area contributed by atoms with Gasteiger partial charge in [-0.15, -0.1) is 0 Å². The predicted octanol–water partition coefficient (Wildman–Crippen LogP) is 2.93. The molecule has 2 saturated heterocycles. The van der Waals surface area contributed by atoms with Crippen molar-refractivity contribution >= 4 is 28.9 Å². The Kier molecular flexibility index (Phi) is 4.81. The minimum atomic E-state index is 0.591. The molecule has 0 radical (unpaired) electrons. The number of rotatable bonds is 3. The number of halogens is 1. The summed E-state index contributed by atoms with van der Waals surface area (Å²) in [5.74, 6) is 2.03. The first-order valence-corrected chi connectivity index (χ1v) is 9.39. The molecule has 0 saturated carbocycles. The molecule has 2 fully saturated rings. The van der Waals surface area contributed by atoms with Gasteiger partial charge >= 0.3 is 0 Å². The van der Waals surface area contributed by atoms with Crippen molar-refractivity contribution < 1.29 is 0 Å². The van der Waals surface area contributed by atoms with E-state index in [-0.39, 0.29) is 0 Å². The fraction of sp³-hybridized carbons (Fsp3) is 0.421. The summed E-state index contributed by atoms with van der Waals surface area (Å²) in [7, 11) is 0. The molecule has 0 aliphatic carbocycles. The molecule has 2 aliphatic rings. The second-order valence-corrected chi connectivity index (χ2v) is 7.09. The monoisotopic (exact) mass is 368 g/mol. The van der Waals surface area contributed by atoms with Crippen LogP contribution in [-0.2, 0) is 0 Å². The van der Waals surface area contributed by atoms with Crippen LogP contribution in [-0.4, -0.2) is 49.2 Å². The first-order valence-electron chi connectivity index (χ1n) is 9.01. The molecule has 3 heterocycles. The van der Waals surface area contributed by atoms with Gasteiger partial charge in [-0.1, -0.05) is 11.6 Å². The van der Waals surface area contributed by atoms with Crippen molar-refractivity contribution in [3.63, 3.8) is 0 Å². The van der Waals surface area contributed by atoms with Crippen LogP contribution in [0.1, 0.15) is 18.4 Å². The second kappa shape index (κ2) is 7.38. The Labute approximate surface area is 158 Å². The molecule has 1 aromatic carbocycles. The van der Waals surface area contributed by atoms with Gasteiger partial charge in [0.25, 0.3) is 0 Å². The van der Waals surface area contributed by atoms with Crippen LogP contribution < -0.4 is 14.7 Å². The van der Waals surface area contributed by atoms with Gasteiger partial charge in [0.1, 0.15) is 18.0 Å². The molecule has 4 rings (SSSR count). The number of nitriles is 1. The molecule has 7 heteroatoms. The average molecular weight is 369 g/mol. The molecule has 1 aromatic heterocycles. The third kappa shape index (κ3) is 3.40. The molecule has 134 valence electrons. The number of benzene rings is 1. The van der Waals surface area contributed by atoms with Gasteiger partial charge in [0, 0.05) is 45.3 Å². The van der Waals surface area contributed by atoms with E-state index in [1.54, 1.807) is 12.4 Å². The van der Waals surface area contributed by atoms with Gasteiger partial charge in [-0.3, -0.25) is 0 Å². The molecule has 0 bridgehead atoms. The number of piperazine rings is 1. The van der Waals surface area contributed by atoms with Gasteiger partial charge in [-0.25, -0.2) is 9.97 Å². The Morgan fingerprint density at radius 1 is 0.846 bits per heavy atom. The van der Waals surface area contributed by atoms with Crippen LogP contribution >= 0.6 is 11.6 Å². The first kappa shape index (κ1) is 16.9. The van der Waals surface area contributed by atoms with Crippen molar-refractivity contribution in [3.8, 4) is 6.07 Å². The molecule has 0 amide bonds. The van der Waals surface area contributed by atoms with Crippen molar-refractivity contribution in [1.29, 1.82) is 5.26 Å². The maximum atomic E-state index is 8.98. The normalized spacial score (nSPS) is 17.5. The van der Waals surface area contributed by atoms with E-state index in [4.69, 9.17) is 16.9 Å². The quantitative estimate of drug-likeness (QED) is 0.830. The summed E-state index contributed by atoms with van der Waals surface area (Å²) in [5, 5.41) is 9.62. The third-order valence-electron chi connectivity index (χ3n) is 5.09. The van der Waals surface area contributed by atoms with Gasteiger partial charge in [0.2, 0.25) is 0 Å². The average Bonchev–Trinajstić information content (AvgIpc) is 3.23. The summed E-state index contributed by atoms with van der Waals surface area (Å²) in [5.41, 5.74) is 1.58. The fourth-order valence-corrected chi connectivity index (χ4v) is 3.94. The highest BCUT2D eigenvalue weighted by atomic mass is 35.5. The Hall–Kier alpha value is -2.52. The lowest BCUT2D eigenvalue weighted by Gasteiger charge is -2.37. The van der Waals surface area contributed by atoms with Crippen LogP contribution in [0.15, 0.2) is 30.6 Å². The Bertz CT molecular complexity index is 819. The molecule has 0 atom stereocenters. The van der Waals surface area contributed by atoms with Gasteiger partial charge in [-0.2, -0.15) is 5.26 Å². The second-order valence-electron chi connectivity index (χ2n) is 6.68. The van der Waals surface area contributed by atoms with E-state index in [0.717, 1.165) is 56.6 Å².